The van der Waals surface area contributed by atoms with E-state index in [4.69, 9.17) is 0 Å². The van der Waals surface area contributed by atoms with Crippen LogP contribution in [0.2, 0.25) is 0 Å². The minimum absolute atomic E-state index is 0.00261. The van der Waals surface area contributed by atoms with Crippen molar-refractivity contribution in [1.82, 2.24) is 0 Å². The molecule has 1 atom stereocenters. The van der Waals surface area contributed by atoms with Crippen LogP contribution in [0.4, 0.5) is 11.4 Å². The first-order valence-electron chi connectivity index (χ1n) is 8.16. The van der Waals surface area contributed by atoms with Crippen LogP contribution in [-0.2, 0) is 16.0 Å². The maximum Gasteiger partial charge on any atom is 0.234 e. The fraction of sp³-hybridized carbons (Fsp3) is 0.263. The van der Waals surface area contributed by atoms with E-state index in [0.717, 1.165) is 41.1 Å². The zero-order valence-electron chi connectivity index (χ0n) is 13.2. The molecule has 2 amide bonds. The van der Waals surface area contributed by atoms with E-state index in [9.17, 15) is 9.59 Å². The van der Waals surface area contributed by atoms with E-state index in [1.165, 1.54) is 17.3 Å². The number of carbonyl (C=O) groups is 2. The summed E-state index contributed by atoms with van der Waals surface area (Å²) in [5, 5.41) is 5.88. The first-order chi connectivity index (χ1) is 11.7. The van der Waals surface area contributed by atoms with Crippen LogP contribution in [0, 0.1) is 0 Å². The molecule has 2 aromatic rings. The van der Waals surface area contributed by atoms with E-state index >= 15 is 0 Å². The molecule has 1 aliphatic carbocycles. The number of fused-ring (bicyclic) bond motifs is 2. The van der Waals surface area contributed by atoms with Crippen LogP contribution in [0.3, 0.4) is 0 Å². The maximum atomic E-state index is 12.8. The van der Waals surface area contributed by atoms with E-state index in [0.29, 0.717) is 5.75 Å². The number of carbonyl (C=O) groups excluding carboxylic acids is 2. The SMILES string of the molecule is O=C1CSc2ccc(NC(=O)C3CCCc4ccccc43)cc2N1. The van der Waals surface area contributed by atoms with Crippen LogP contribution in [0.1, 0.15) is 29.9 Å². The Bertz CT molecular complexity index is 819. The molecule has 0 saturated heterocycles. The smallest absolute Gasteiger partial charge is 0.234 e. The van der Waals surface area contributed by atoms with Gasteiger partial charge < -0.3 is 10.6 Å². The summed E-state index contributed by atoms with van der Waals surface area (Å²) in [6.07, 6.45) is 2.95. The maximum absolute atomic E-state index is 12.8. The van der Waals surface area contributed by atoms with Gasteiger partial charge in [-0.3, -0.25) is 9.59 Å². The van der Waals surface area contributed by atoms with E-state index in [2.05, 4.69) is 22.8 Å². The Morgan fingerprint density at radius 3 is 3.00 bits per heavy atom. The summed E-state index contributed by atoms with van der Waals surface area (Å²) >= 11 is 1.52. The third-order valence-electron chi connectivity index (χ3n) is 4.57. The molecule has 2 aromatic carbocycles. The predicted molar refractivity (Wildman–Crippen MR) is 96.5 cm³/mol. The molecular weight excluding hydrogens is 320 g/mol. The van der Waals surface area contributed by atoms with E-state index < -0.39 is 0 Å². The third kappa shape index (κ3) is 2.91. The molecule has 1 aliphatic heterocycles. The molecule has 0 fully saturated rings. The molecular formula is C19H18N2O2S. The Morgan fingerprint density at radius 1 is 1.21 bits per heavy atom. The van der Waals surface area contributed by atoms with Crippen molar-refractivity contribution in [2.45, 2.75) is 30.1 Å². The van der Waals surface area contributed by atoms with Crippen LogP contribution in [0.5, 0.6) is 0 Å². The van der Waals surface area contributed by atoms with Gasteiger partial charge in [-0.05, 0) is 48.6 Å². The lowest BCUT2D eigenvalue weighted by atomic mass is 9.82. The van der Waals surface area contributed by atoms with Gasteiger partial charge in [-0.25, -0.2) is 0 Å². The van der Waals surface area contributed by atoms with Crippen molar-refractivity contribution >= 4 is 35.0 Å². The molecule has 4 rings (SSSR count). The second kappa shape index (κ2) is 6.32. The normalized spacial score (nSPS) is 19.0. The second-order valence-electron chi connectivity index (χ2n) is 6.18. The summed E-state index contributed by atoms with van der Waals surface area (Å²) < 4.78 is 0. The van der Waals surface area contributed by atoms with Crippen LogP contribution < -0.4 is 10.6 Å². The Hall–Kier alpha value is -2.27. The Morgan fingerprint density at radius 2 is 2.08 bits per heavy atom. The Kier molecular flexibility index (Phi) is 4.02. The number of hydrogen-bond acceptors (Lipinski definition) is 3. The lowest BCUT2D eigenvalue weighted by Crippen LogP contribution is -2.25. The van der Waals surface area contributed by atoms with Crippen molar-refractivity contribution in [3.63, 3.8) is 0 Å². The average molecular weight is 338 g/mol. The lowest BCUT2D eigenvalue weighted by Gasteiger charge is -2.25. The van der Waals surface area contributed by atoms with E-state index in [1.54, 1.807) is 0 Å². The summed E-state index contributed by atoms with van der Waals surface area (Å²) in [5.74, 6) is 0.362. The molecule has 24 heavy (non-hydrogen) atoms. The highest BCUT2D eigenvalue weighted by atomic mass is 32.2. The second-order valence-corrected chi connectivity index (χ2v) is 7.20. The Balaban J connectivity index is 1.55. The highest BCUT2D eigenvalue weighted by molar-refractivity contribution is 8.00. The number of thioether (sulfide) groups is 1. The van der Waals surface area contributed by atoms with Crippen molar-refractivity contribution in [3.05, 3.63) is 53.6 Å². The van der Waals surface area contributed by atoms with Gasteiger partial charge in [0.1, 0.15) is 0 Å². The molecule has 4 nitrogen and oxygen atoms in total. The van der Waals surface area contributed by atoms with Gasteiger partial charge in [0.05, 0.1) is 17.4 Å². The van der Waals surface area contributed by atoms with Crippen molar-refractivity contribution < 1.29 is 9.59 Å². The van der Waals surface area contributed by atoms with Gasteiger partial charge in [-0.15, -0.1) is 11.8 Å². The monoisotopic (exact) mass is 338 g/mol. The molecule has 0 saturated carbocycles. The van der Waals surface area contributed by atoms with Gasteiger partial charge in [0.25, 0.3) is 0 Å². The van der Waals surface area contributed by atoms with Crippen molar-refractivity contribution in [2.24, 2.45) is 0 Å². The molecule has 5 heteroatoms. The lowest BCUT2D eigenvalue weighted by molar-refractivity contribution is -0.118. The quantitative estimate of drug-likeness (QED) is 0.876. The highest BCUT2D eigenvalue weighted by Crippen LogP contribution is 2.35. The van der Waals surface area contributed by atoms with E-state index in [-0.39, 0.29) is 17.7 Å². The first-order valence-corrected chi connectivity index (χ1v) is 9.14. The molecule has 122 valence electrons. The van der Waals surface area contributed by atoms with Gasteiger partial charge in [0.15, 0.2) is 0 Å². The Labute approximate surface area is 145 Å². The minimum atomic E-state index is -0.102. The minimum Gasteiger partial charge on any atom is -0.325 e. The average Bonchev–Trinajstić information content (AvgIpc) is 2.61. The van der Waals surface area contributed by atoms with Crippen molar-refractivity contribution in [1.29, 1.82) is 0 Å². The van der Waals surface area contributed by atoms with Crippen LogP contribution in [0.25, 0.3) is 0 Å². The summed E-state index contributed by atoms with van der Waals surface area (Å²) in [6.45, 7) is 0. The summed E-state index contributed by atoms with van der Waals surface area (Å²) in [5.41, 5.74) is 3.92. The molecule has 0 radical (unpaired) electrons. The summed E-state index contributed by atoms with van der Waals surface area (Å²) in [6, 6.07) is 13.9. The molecule has 1 heterocycles. The third-order valence-corrected chi connectivity index (χ3v) is 5.64. The van der Waals surface area contributed by atoms with Gasteiger partial charge in [0.2, 0.25) is 11.8 Å². The number of hydrogen-bond donors (Lipinski definition) is 2. The van der Waals surface area contributed by atoms with Crippen LogP contribution in [0.15, 0.2) is 47.4 Å². The first kappa shape index (κ1) is 15.3. The number of benzene rings is 2. The van der Waals surface area contributed by atoms with Gasteiger partial charge >= 0.3 is 0 Å². The topological polar surface area (TPSA) is 58.2 Å². The molecule has 0 spiro atoms. The summed E-state index contributed by atoms with van der Waals surface area (Å²) in [7, 11) is 0. The standard InChI is InChI=1S/C19H18N2O2S/c22-18-11-24-17-9-8-13(10-16(17)21-18)20-19(23)15-7-3-5-12-4-1-2-6-14(12)15/h1-2,4,6,8-10,15H,3,5,7,11H2,(H,20,23)(H,21,22). The summed E-state index contributed by atoms with van der Waals surface area (Å²) in [4.78, 5) is 25.3. The number of anilines is 2. The number of aryl methyl sites for hydroxylation is 1. The largest absolute Gasteiger partial charge is 0.325 e. The number of amides is 2. The molecule has 2 N–H and O–H groups in total. The molecule has 0 bridgehead atoms. The van der Waals surface area contributed by atoms with Crippen LogP contribution in [-0.4, -0.2) is 17.6 Å². The molecule has 1 unspecified atom stereocenters. The van der Waals surface area contributed by atoms with Crippen molar-refractivity contribution in [2.75, 3.05) is 16.4 Å². The van der Waals surface area contributed by atoms with Gasteiger partial charge in [-0.1, -0.05) is 24.3 Å². The number of rotatable bonds is 2. The molecule has 2 aliphatic rings. The fourth-order valence-electron chi connectivity index (χ4n) is 3.42. The zero-order chi connectivity index (χ0) is 16.5. The van der Waals surface area contributed by atoms with Crippen LogP contribution >= 0.6 is 11.8 Å². The van der Waals surface area contributed by atoms with Gasteiger partial charge in [-0.2, -0.15) is 0 Å². The molecule has 0 aromatic heterocycles. The van der Waals surface area contributed by atoms with Gasteiger partial charge in [0, 0.05) is 10.6 Å². The number of nitrogens with one attached hydrogen (secondary N) is 2. The van der Waals surface area contributed by atoms with E-state index in [1.807, 2.05) is 30.3 Å². The predicted octanol–water partition coefficient (Wildman–Crippen LogP) is 3.79. The van der Waals surface area contributed by atoms with Crippen molar-refractivity contribution in [3.8, 4) is 0 Å². The highest BCUT2D eigenvalue weighted by Gasteiger charge is 2.26. The zero-order valence-corrected chi connectivity index (χ0v) is 14.0. The fourth-order valence-corrected chi connectivity index (χ4v) is 4.21.